The Morgan fingerprint density at radius 1 is 1.21 bits per heavy atom. The maximum Gasteiger partial charge on any atom is 0.273 e. The highest BCUT2D eigenvalue weighted by molar-refractivity contribution is 9.10. The van der Waals surface area contributed by atoms with E-state index < -0.39 is 6.10 Å². The SMILES string of the molecule is CN(C)CCN(C(=O)C1COc2ccccc2O1)c1nc2ccc(Br)cc2s1. The first-order valence-electron chi connectivity index (χ1n) is 8.92. The summed E-state index contributed by atoms with van der Waals surface area (Å²) < 4.78 is 13.7. The fraction of sp³-hybridized carbons (Fsp3) is 0.300. The molecule has 0 aliphatic carbocycles. The molecule has 1 aliphatic heterocycles. The number of carbonyl (C=O) groups is 1. The first-order valence-corrected chi connectivity index (χ1v) is 10.5. The molecule has 0 N–H and O–H groups in total. The summed E-state index contributed by atoms with van der Waals surface area (Å²) in [4.78, 5) is 21.8. The molecule has 2 heterocycles. The van der Waals surface area contributed by atoms with Gasteiger partial charge in [0.25, 0.3) is 5.91 Å². The van der Waals surface area contributed by atoms with Crippen molar-refractivity contribution in [2.75, 3.05) is 38.7 Å². The first-order chi connectivity index (χ1) is 13.5. The van der Waals surface area contributed by atoms with Gasteiger partial charge in [-0.25, -0.2) is 4.98 Å². The zero-order chi connectivity index (χ0) is 19.7. The first kappa shape index (κ1) is 19.2. The molecule has 0 saturated carbocycles. The van der Waals surface area contributed by atoms with Gasteiger partial charge in [0.2, 0.25) is 6.10 Å². The number of para-hydroxylation sites is 2. The second kappa shape index (κ2) is 8.06. The highest BCUT2D eigenvalue weighted by Crippen LogP contribution is 2.34. The number of aromatic nitrogens is 1. The minimum absolute atomic E-state index is 0.144. The van der Waals surface area contributed by atoms with Gasteiger partial charge in [-0.1, -0.05) is 39.4 Å². The summed E-state index contributed by atoms with van der Waals surface area (Å²) in [6.07, 6.45) is -0.698. The van der Waals surface area contributed by atoms with Crippen LogP contribution in [0.2, 0.25) is 0 Å². The van der Waals surface area contributed by atoms with Gasteiger partial charge in [0.05, 0.1) is 10.2 Å². The van der Waals surface area contributed by atoms with Gasteiger partial charge in [-0.05, 0) is 44.4 Å². The number of ether oxygens (including phenoxy) is 2. The lowest BCUT2D eigenvalue weighted by atomic mass is 10.2. The quantitative estimate of drug-likeness (QED) is 0.578. The van der Waals surface area contributed by atoms with Crippen LogP contribution in [0.3, 0.4) is 0 Å². The maximum absolute atomic E-state index is 13.3. The van der Waals surface area contributed by atoms with Crippen molar-refractivity contribution in [3.05, 3.63) is 46.9 Å². The predicted octanol–water partition coefficient (Wildman–Crippen LogP) is 3.79. The molecule has 2 aromatic carbocycles. The van der Waals surface area contributed by atoms with E-state index in [0.29, 0.717) is 23.2 Å². The lowest BCUT2D eigenvalue weighted by Gasteiger charge is -2.30. The van der Waals surface area contributed by atoms with Crippen LogP contribution in [0.25, 0.3) is 10.2 Å². The molecule has 0 fully saturated rings. The van der Waals surface area contributed by atoms with E-state index in [9.17, 15) is 4.79 Å². The summed E-state index contributed by atoms with van der Waals surface area (Å²) in [7, 11) is 3.96. The third kappa shape index (κ3) is 3.99. The molecule has 28 heavy (non-hydrogen) atoms. The Morgan fingerprint density at radius 2 is 2.00 bits per heavy atom. The maximum atomic E-state index is 13.3. The number of halogens is 1. The number of likely N-dealkylation sites (N-methyl/N-ethyl adjacent to an activating group) is 1. The number of carbonyl (C=O) groups excluding carboxylic acids is 1. The number of anilines is 1. The van der Waals surface area contributed by atoms with E-state index in [2.05, 4.69) is 20.9 Å². The van der Waals surface area contributed by atoms with Crippen molar-refractivity contribution < 1.29 is 14.3 Å². The molecule has 0 radical (unpaired) electrons. The average molecular weight is 462 g/mol. The fourth-order valence-electron chi connectivity index (χ4n) is 2.92. The molecule has 4 rings (SSSR count). The second-order valence-corrected chi connectivity index (χ2v) is 8.69. The summed E-state index contributed by atoms with van der Waals surface area (Å²) in [5.41, 5.74) is 0.872. The molecule has 1 atom stereocenters. The van der Waals surface area contributed by atoms with Gasteiger partial charge in [0.15, 0.2) is 16.6 Å². The molecular weight excluding hydrogens is 442 g/mol. The van der Waals surface area contributed by atoms with Crippen molar-refractivity contribution in [1.82, 2.24) is 9.88 Å². The molecule has 146 valence electrons. The molecule has 6 nitrogen and oxygen atoms in total. The Labute approximate surface area is 175 Å². The van der Waals surface area contributed by atoms with Crippen molar-refractivity contribution in [3.63, 3.8) is 0 Å². The van der Waals surface area contributed by atoms with Gasteiger partial charge in [0, 0.05) is 17.6 Å². The van der Waals surface area contributed by atoms with Gasteiger partial charge in [-0.2, -0.15) is 0 Å². The Kier molecular flexibility index (Phi) is 5.52. The Morgan fingerprint density at radius 3 is 2.79 bits per heavy atom. The molecule has 0 saturated heterocycles. The number of amides is 1. The minimum Gasteiger partial charge on any atom is -0.485 e. The van der Waals surface area contributed by atoms with E-state index in [1.54, 1.807) is 4.90 Å². The monoisotopic (exact) mass is 461 g/mol. The Bertz CT molecular complexity index is 1010. The standard InChI is InChI=1S/C20H20BrN3O3S/c1-23(2)9-10-24(20-22-14-8-7-13(21)11-18(14)28-20)19(25)17-12-26-15-5-3-4-6-16(15)27-17/h3-8,11,17H,9-10,12H2,1-2H3. The van der Waals surface area contributed by atoms with Crippen molar-refractivity contribution in [1.29, 1.82) is 0 Å². The minimum atomic E-state index is -0.698. The molecule has 1 unspecified atom stereocenters. The molecule has 8 heteroatoms. The van der Waals surface area contributed by atoms with Gasteiger partial charge < -0.3 is 14.4 Å². The Balaban J connectivity index is 1.62. The van der Waals surface area contributed by atoms with Crippen LogP contribution in [-0.4, -0.2) is 55.7 Å². The zero-order valence-electron chi connectivity index (χ0n) is 15.6. The highest BCUT2D eigenvalue weighted by Gasteiger charge is 2.33. The van der Waals surface area contributed by atoms with E-state index in [0.717, 1.165) is 21.2 Å². The third-order valence-corrected chi connectivity index (χ3v) is 5.93. The van der Waals surface area contributed by atoms with Gasteiger partial charge in [0.1, 0.15) is 6.61 Å². The molecule has 1 aliphatic rings. The molecule has 1 amide bonds. The lowest BCUT2D eigenvalue weighted by Crippen LogP contribution is -2.48. The molecule has 0 bridgehead atoms. The molecule has 1 aromatic heterocycles. The van der Waals surface area contributed by atoms with Crippen LogP contribution in [0.5, 0.6) is 11.5 Å². The van der Waals surface area contributed by atoms with Crippen LogP contribution in [0.15, 0.2) is 46.9 Å². The zero-order valence-corrected chi connectivity index (χ0v) is 18.0. The second-order valence-electron chi connectivity index (χ2n) is 6.77. The number of thiazole rings is 1. The van der Waals surface area contributed by atoms with Gasteiger partial charge >= 0.3 is 0 Å². The van der Waals surface area contributed by atoms with Gasteiger partial charge in [-0.3, -0.25) is 9.69 Å². The van der Waals surface area contributed by atoms with Crippen LogP contribution in [0.1, 0.15) is 0 Å². The smallest absolute Gasteiger partial charge is 0.273 e. The van der Waals surface area contributed by atoms with E-state index in [-0.39, 0.29) is 12.5 Å². The normalized spacial score (nSPS) is 15.8. The van der Waals surface area contributed by atoms with Crippen LogP contribution >= 0.6 is 27.3 Å². The Hall–Kier alpha value is -2.16. The van der Waals surface area contributed by atoms with Crippen molar-refractivity contribution in [2.45, 2.75) is 6.10 Å². The largest absolute Gasteiger partial charge is 0.485 e. The van der Waals surface area contributed by atoms with Crippen molar-refractivity contribution in [3.8, 4) is 11.5 Å². The van der Waals surface area contributed by atoms with Crippen LogP contribution in [0.4, 0.5) is 5.13 Å². The molecular formula is C20H20BrN3O3S. The number of benzene rings is 2. The number of nitrogens with zero attached hydrogens (tertiary/aromatic N) is 3. The average Bonchev–Trinajstić information content (AvgIpc) is 3.10. The molecule has 3 aromatic rings. The predicted molar refractivity (Wildman–Crippen MR) is 115 cm³/mol. The van der Waals surface area contributed by atoms with Crippen molar-refractivity contribution in [2.24, 2.45) is 0 Å². The van der Waals surface area contributed by atoms with Crippen LogP contribution < -0.4 is 14.4 Å². The fourth-order valence-corrected chi connectivity index (χ4v) is 4.47. The van der Waals surface area contributed by atoms with Crippen LogP contribution in [0, 0.1) is 0 Å². The summed E-state index contributed by atoms with van der Waals surface area (Å²) in [5.74, 6) is 1.11. The van der Waals surface area contributed by atoms with E-state index in [4.69, 9.17) is 9.47 Å². The van der Waals surface area contributed by atoms with E-state index >= 15 is 0 Å². The summed E-state index contributed by atoms with van der Waals surface area (Å²) in [6, 6.07) is 13.3. The van der Waals surface area contributed by atoms with E-state index in [1.807, 2.05) is 61.5 Å². The number of fused-ring (bicyclic) bond motifs is 2. The summed E-state index contributed by atoms with van der Waals surface area (Å²) in [5, 5.41) is 0.669. The lowest BCUT2D eigenvalue weighted by molar-refractivity contribution is -0.127. The topological polar surface area (TPSA) is 54.9 Å². The number of hydrogen-bond donors (Lipinski definition) is 0. The number of rotatable bonds is 5. The van der Waals surface area contributed by atoms with Crippen LogP contribution in [-0.2, 0) is 4.79 Å². The van der Waals surface area contributed by atoms with Gasteiger partial charge in [-0.15, -0.1) is 0 Å². The molecule has 0 spiro atoms. The van der Waals surface area contributed by atoms with Crippen molar-refractivity contribution >= 4 is 48.5 Å². The highest BCUT2D eigenvalue weighted by atomic mass is 79.9. The number of hydrogen-bond acceptors (Lipinski definition) is 6. The summed E-state index contributed by atoms with van der Waals surface area (Å²) in [6.45, 7) is 1.43. The third-order valence-electron chi connectivity index (χ3n) is 4.39. The summed E-state index contributed by atoms with van der Waals surface area (Å²) >= 11 is 4.99. The van der Waals surface area contributed by atoms with E-state index in [1.165, 1.54) is 11.3 Å².